The number of rotatable bonds is 10. The number of nitrogens with one attached hydrogen (secondary N) is 1. The fraction of sp³-hybridized carbons (Fsp3) is 0.333. The Morgan fingerprint density at radius 2 is 1.80 bits per heavy atom. The van der Waals surface area contributed by atoms with Gasteiger partial charge < -0.3 is 14.5 Å². The highest BCUT2D eigenvalue weighted by Gasteiger charge is 2.17. The van der Waals surface area contributed by atoms with Crippen LogP contribution in [0.25, 0.3) is 0 Å². The summed E-state index contributed by atoms with van der Waals surface area (Å²) in [7, 11) is 0. The quantitative estimate of drug-likeness (QED) is 0.539. The summed E-state index contributed by atoms with van der Waals surface area (Å²) in [5, 5.41) is 2.87. The topological polar surface area (TPSA) is 67.6 Å². The first-order valence-electron chi connectivity index (χ1n) is 10.3. The molecule has 0 aliphatic rings. The van der Waals surface area contributed by atoms with E-state index in [-0.39, 0.29) is 5.91 Å². The first-order chi connectivity index (χ1) is 14.5. The molecule has 6 heteroatoms. The maximum absolute atomic E-state index is 12.4. The molecule has 3 aromatic rings. The Labute approximate surface area is 177 Å². The number of aromatic nitrogens is 1. The van der Waals surface area contributed by atoms with Gasteiger partial charge in [-0.2, -0.15) is 0 Å². The third-order valence-corrected chi connectivity index (χ3v) is 4.77. The molecule has 2 aromatic carbocycles. The lowest BCUT2D eigenvalue weighted by molar-refractivity contribution is 0.0945. The van der Waals surface area contributed by atoms with E-state index < -0.39 is 0 Å². The summed E-state index contributed by atoms with van der Waals surface area (Å²) in [5.74, 6) is 1.16. The van der Waals surface area contributed by atoms with Gasteiger partial charge in [-0.25, -0.2) is 4.98 Å². The van der Waals surface area contributed by atoms with Crippen molar-refractivity contribution in [2.75, 3.05) is 6.61 Å². The van der Waals surface area contributed by atoms with E-state index >= 15 is 0 Å². The van der Waals surface area contributed by atoms with Gasteiger partial charge in [0, 0.05) is 19.1 Å². The van der Waals surface area contributed by atoms with Crippen LogP contribution < -0.4 is 10.1 Å². The van der Waals surface area contributed by atoms with Crippen LogP contribution in [0.15, 0.2) is 65.3 Å². The van der Waals surface area contributed by atoms with Crippen molar-refractivity contribution in [3.8, 4) is 5.75 Å². The molecule has 0 saturated heterocycles. The summed E-state index contributed by atoms with van der Waals surface area (Å²) < 4.78 is 11.1. The summed E-state index contributed by atoms with van der Waals surface area (Å²) in [5.41, 5.74) is 2.51. The number of ether oxygens (including phenoxy) is 1. The number of carbonyl (C=O) groups is 1. The van der Waals surface area contributed by atoms with Gasteiger partial charge in [0.1, 0.15) is 12.0 Å². The minimum atomic E-state index is -0.239. The summed E-state index contributed by atoms with van der Waals surface area (Å²) in [6, 6.07) is 18.2. The standard InChI is InChI=1S/C24H29N3O3/c1-4-29-21-12-10-20(11-13-21)15-27(18(2)3)16-23-26-22(17-30-23)24(28)25-14-19-8-6-5-7-9-19/h5-13,17-18H,4,14-16H2,1-3H3,(H,25,28). The van der Waals surface area contributed by atoms with Crippen LogP contribution in [-0.2, 0) is 19.6 Å². The maximum Gasteiger partial charge on any atom is 0.273 e. The Bertz CT molecular complexity index is 920. The predicted molar refractivity (Wildman–Crippen MR) is 116 cm³/mol. The summed E-state index contributed by atoms with van der Waals surface area (Å²) in [6.45, 7) is 8.62. The van der Waals surface area contributed by atoms with Gasteiger partial charge in [-0.15, -0.1) is 0 Å². The third kappa shape index (κ3) is 6.19. The third-order valence-electron chi connectivity index (χ3n) is 4.77. The van der Waals surface area contributed by atoms with Crippen LogP contribution in [0, 0.1) is 0 Å². The molecule has 0 bridgehead atoms. The molecule has 3 rings (SSSR count). The van der Waals surface area contributed by atoms with E-state index in [0.717, 1.165) is 17.9 Å². The molecule has 0 aliphatic carbocycles. The Morgan fingerprint density at radius 3 is 2.47 bits per heavy atom. The highest BCUT2D eigenvalue weighted by molar-refractivity contribution is 5.91. The Kier molecular flexibility index (Phi) is 7.63. The van der Waals surface area contributed by atoms with E-state index in [4.69, 9.17) is 9.15 Å². The second-order valence-electron chi connectivity index (χ2n) is 7.37. The summed E-state index contributed by atoms with van der Waals surface area (Å²) >= 11 is 0. The van der Waals surface area contributed by atoms with E-state index in [1.165, 1.54) is 11.8 Å². The van der Waals surface area contributed by atoms with E-state index in [0.29, 0.717) is 37.3 Å². The number of hydrogen-bond donors (Lipinski definition) is 1. The summed E-state index contributed by atoms with van der Waals surface area (Å²) in [6.07, 6.45) is 1.42. The number of nitrogens with zero attached hydrogens (tertiary/aromatic N) is 2. The monoisotopic (exact) mass is 407 g/mol. The molecule has 0 atom stereocenters. The van der Waals surface area contributed by atoms with E-state index in [1.807, 2.05) is 49.4 Å². The number of carbonyl (C=O) groups excluding carboxylic acids is 1. The molecule has 6 nitrogen and oxygen atoms in total. The molecule has 0 aliphatic heterocycles. The van der Waals surface area contributed by atoms with Crippen LogP contribution >= 0.6 is 0 Å². The molecule has 0 saturated carbocycles. The van der Waals surface area contributed by atoms with Crippen LogP contribution in [-0.4, -0.2) is 28.4 Å². The van der Waals surface area contributed by atoms with E-state index in [2.05, 4.69) is 41.2 Å². The van der Waals surface area contributed by atoms with Crippen molar-refractivity contribution in [2.45, 2.75) is 46.4 Å². The van der Waals surface area contributed by atoms with Crippen LogP contribution in [0.5, 0.6) is 5.75 Å². The first-order valence-corrected chi connectivity index (χ1v) is 10.3. The molecular weight excluding hydrogens is 378 g/mol. The normalized spacial score (nSPS) is 11.1. The fourth-order valence-electron chi connectivity index (χ4n) is 3.04. The minimum Gasteiger partial charge on any atom is -0.494 e. The maximum atomic E-state index is 12.4. The van der Waals surface area contributed by atoms with E-state index in [9.17, 15) is 4.79 Å². The first kappa shape index (κ1) is 21.6. The van der Waals surface area contributed by atoms with Crippen LogP contribution in [0.3, 0.4) is 0 Å². The zero-order valence-corrected chi connectivity index (χ0v) is 17.8. The lowest BCUT2D eigenvalue weighted by Gasteiger charge is -2.25. The number of hydrogen-bond acceptors (Lipinski definition) is 5. The fourth-order valence-corrected chi connectivity index (χ4v) is 3.04. The lowest BCUT2D eigenvalue weighted by Crippen LogP contribution is -2.30. The molecule has 1 amide bonds. The van der Waals surface area contributed by atoms with Gasteiger partial charge in [0.2, 0.25) is 5.89 Å². The van der Waals surface area contributed by atoms with Crippen LogP contribution in [0.1, 0.15) is 48.3 Å². The number of benzene rings is 2. The summed E-state index contributed by atoms with van der Waals surface area (Å²) in [4.78, 5) is 19.0. The Hall–Kier alpha value is -3.12. The second-order valence-corrected chi connectivity index (χ2v) is 7.37. The molecule has 1 heterocycles. The van der Waals surface area contributed by atoms with Crippen molar-refractivity contribution < 1.29 is 13.9 Å². The molecule has 0 spiro atoms. The smallest absolute Gasteiger partial charge is 0.273 e. The molecular formula is C24H29N3O3. The van der Waals surface area contributed by atoms with Crippen molar-refractivity contribution in [3.05, 3.63) is 83.6 Å². The van der Waals surface area contributed by atoms with E-state index in [1.54, 1.807) is 0 Å². The second kappa shape index (κ2) is 10.6. The zero-order valence-electron chi connectivity index (χ0n) is 17.8. The van der Waals surface area contributed by atoms with Crippen LogP contribution in [0.4, 0.5) is 0 Å². The highest BCUT2D eigenvalue weighted by Crippen LogP contribution is 2.17. The predicted octanol–water partition coefficient (Wildman–Crippen LogP) is 4.41. The van der Waals surface area contributed by atoms with Gasteiger partial charge in [-0.1, -0.05) is 42.5 Å². The van der Waals surface area contributed by atoms with Crippen molar-refractivity contribution in [2.24, 2.45) is 0 Å². The van der Waals surface area contributed by atoms with Crippen molar-refractivity contribution in [1.29, 1.82) is 0 Å². The molecule has 1 N–H and O–H groups in total. The van der Waals surface area contributed by atoms with Gasteiger partial charge in [0.25, 0.3) is 5.91 Å². The van der Waals surface area contributed by atoms with Gasteiger partial charge in [-0.05, 0) is 44.0 Å². The van der Waals surface area contributed by atoms with Gasteiger partial charge in [0.15, 0.2) is 5.69 Å². The van der Waals surface area contributed by atoms with Crippen molar-refractivity contribution in [3.63, 3.8) is 0 Å². The van der Waals surface area contributed by atoms with Gasteiger partial charge in [0.05, 0.1) is 13.2 Å². The highest BCUT2D eigenvalue weighted by atomic mass is 16.5. The lowest BCUT2D eigenvalue weighted by atomic mass is 10.2. The SMILES string of the molecule is CCOc1ccc(CN(Cc2nc(C(=O)NCc3ccccc3)co2)C(C)C)cc1. The molecule has 0 unspecified atom stereocenters. The average molecular weight is 408 g/mol. The van der Waals surface area contributed by atoms with Crippen LogP contribution in [0.2, 0.25) is 0 Å². The molecule has 158 valence electrons. The number of oxazole rings is 1. The van der Waals surface area contributed by atoms with Gasteiger partial charge >= 0.3 is 0 Å². The molecule has 1 aromatic heterocycles. The molecule has 30 heavy (non-hydrogen) atoms. The molecule has 0 radical (unpaired) electrons. The van der Waals surface area contributed by atoms with Crippen molar-refractivity contribution in [1.82, 2.24) is 15.2 Å². The van der Waals surface area contributed by atoms with Crippen molar-refractivity contribution >= 4 is 5.91 Å². The Morgan fingerprint density at radius 1 is 1.07 bits per heavy atom. The number of amides is 1. The molecule has 0 fully saturated rings. The minimum absolute atomic E-state index is 0.239. The zero-order chi connectivity index (χ0) is 21.3. The van der Waals surface area contributed by atoms with Gasteiger partial charge in [-0.3, -0.25) is 9.69 Å². The Balaban J connectivity index is 1.58. The average Bonchev–Trinajstić information content (AvgIpc) is 3.22. The largest absolute Gasteiger partial charge is 0.494 e.